The molecule has 0 spiro atoms. The monoisotopic (exact) mass is 368 g/mol. The highest BCUT2D eigenvalue weighted by molar-refractivity contribution is 7.99. The van der Waals surface area contributed by atoms with Gasteiger partial charge in [0.2, 0.25) is 0 Å². The third-order valence-electron chi connectivity index (χ3n) is 3.93. The van der Waals surface area contributed by atoms with Gasteiger partial charge in [0.15, 0.2) is 5.16 Å². The average molecular weight is 368 g/mol. The van der Waals surface area contributed by atoms with Gasteiger partial charge in [-0.1, -0.05) is 11.8 Å². The van der Waals surface area contributed by atoms with Crippen LogP contribution >= 0.6 is 23.1 Å². The first-order valence-corrected chi connectivity index (χ1v) is 9.78. The zero-order valence-electron chi connectivity index (χ0n) is 13.8. The highest BCUT2D eigenvalue weighted by Crippen LogP contribution is 2.35. The van der Waals surface area contributed by atoms with Gasteiger partial charge in [-0.2, -0.15) is 0 Å². The lowest BCUT2D eigenvalue weighted by Crippen LogP contribution is -2.25. The van der Waals surface area contributed by atoms with E-state index in [1.807, 2.05) is 0 Å². The van der Waals surface area contributed by atoms with Crippen LogP contribution < -0.4 is 5.56 Å². The zero-order chi connectivity index (χ0) is 17.1. The van der Waals surface area contributed by atoms with Crippen LogP contribution in [0, 0.1) is 0 Å². The van der Waals surface area contributed by atoms with E-state index in [0.717, 1.165) is 29.5 Å². The van der Waals surface area contributed by atoms with Crippen molar-refractivity contribution in [3.8, 4) is 0 Å². The number of esters is 1. The van der Waals surface area contributed by atoms with Crippen LogP contribution in [0.2, 0.25) is 0 Å². The molecule has 0 saturated heterocycles. The number of thiophene rings is 1. The van der Waals surface area contributed by atoms with Gasteiger partial charge >= 0.3 is 5.97 Å². The summed E-state index contributed by atoms with van der Waals surface area (Å²) >= 11 is 2.85. The predicted molar refractivity (Wildman–Crippen MR) is 95.1 cm³/mol. The first-order valence-electron chi connectivity index (χ1n) is 7.98. The molecule has 130 valence electrons. The smallest absolute Gasteiger partial charge is 0.316 e. The number of methoxy groups -OCH3 is 1. The Kier molecular flexibility index (Phi) is 5.57. The van der Waals surface area contributed by atoms with E-state index in [-0.39, 0.29) is 17.3 Å². The molecule has 0 fully saturated rings. The number of hydrogen-bond donors (Lipinski definition) is 0. The van der Waals surface area contributed by atoms with E-state index in [9.17, 15) is 9.59 Å². The SMILES string of the molecule is CCOC(=O)CSc1nc2sc3c(c2c(=O)n1CCOC)CCC3. The number of aryl methyl sites for hydroxylation is 2. The molecule has 2 aromatic rings. The molecule has 0 aliphatic heterocycles. The quantitative estimate of drug-likeness (QED) is 0.424. The molecule has 0 unspecified atom stereocenters. The van der Waals surface area contributed by atoms with Gasteiger partial charge in [0.1, 0.15) is 4.83 Å². The number of carbonyl (C=O) groups is 1. The maximum atomic E-state index is 13.0. The molecule has 2 heterocycles. The zero-order valence-corrected chi connectivity index (χ0v) is 15.4. The fraction of sp³-hybridized carbons (Fsp3) is 0.562. The van der Waals surface area contributed by atoms with E-state index in [2.05, 4.69) is 4.98 Å². The van der Waals surface area contributed by atoms with E-state index in [1.54, 1.807) is 29.9 Å². The Morgan fingerprint density at radius 1 is 1.42 bits per heavy atom. The largest absolute Gasteiger partial charge is 0.465 e. The van der Waals surface area contributed by atoms with E-state index < -0.39 is 0 Å². The molecular formula is C16H20N2O4S2. The summed E-state index contributed by atoms with van der Waals surface area (Å²) in [6, 6.07) is 0. The van der Waals surface area contributed by atoms with Crippen molar-refractivity contribution in [1.29, 1.82) is 0 Å². The fourth-order valence-corrected chi connectivity index (χ4v) is 5.00. The van der Waals surface area contributed by atoms with Gasteiger partial charge in [-0.15, -0.1) is 11.3 Å². The first-order chi connectivity index (χ1) is 11.7. The summed E-state index contributed by atoms with van der Waals surface area (Å²) in [6.07, 6.45) is 3.08. The summed E-state index contributed by atoms with van der Waals surface area (Å²) in [5.74, 6) is -0.159. The summed E-state index contributed by atoms with van der Waals surface area (Å²) in [7, 11) is 1.60. The van der Waals surface area contributed by atoms with Crippen LogP contribution in [0.1, 0.15) is 23.8 Å². The molecular weight excluding hydrogens is 348 g/mol. The molecule has 0 saturated carbocycles. The van der Waals surface area contributed by atoms with Gasteiger partial charge in [-0.25, -0.2) is 4.98 Å². The maximum Gasteiger partial charge on any atom is 0.316 e. The van der Waals surface area contributed by atoms with E-state index >= 15 is 0 Å². The number of nitrogens with zero attached hydrogens (tertiary/aromatic N) is 2. The first kappa shape index (κ1) is 17.4. The molecule has 0 atom stereocenters. The Hall–Kier alpha value is -1.38. The molecule has 6 nitrogen and oxygen atoms in total. The second-order valence-corrected chi connectivity index (χ2v) is 7.50. The molecule has 0 bridgehead atoms. The van der Waals surface area contributed by atoms with Crippen LogP contribution in [0.4, 0.5) is 0 Å². The normalized spacial score (nSPS) is 13.4. The number of aromatic nitrogens is 2. The van der Waals surface area contributed by atoms with Gasteiger partial charge in [-0.3, -0.25) is 14.2 Å². The fourth-order valence-electron chi connectivity index (χ4n) is 2.87. The summed E-state index contributed by atoms with van der Waals surface area (Å²) in [6.45, 7) is 2.97. The lowest BCUT2D eigenvalue weighted by Gasteiger charge is -2.11. The molecule has 1 aliphatic carbocycles. The summed E-state index contributed by atoms with van der Waals surface area (Å²) < 4.78 is 11.7. The second kappa shape index (κ2) is 7.67. The lowest BCUT2D eigenvalue weighted by molar-refractivity contribution is -0.139. The highest BCUT2D eigenvalue weighted by atomic mass is 32.2. The Morgan fingerprint density at radius 2 is 2.25 bits per heavy atom. The third-order valence-corrected chi connectivity index (χ3v) is 6.07. The minimum atomic E-state index is -0.302. The van der Waals surface area contributed by atoms with Crippen LogP contribution in [-0.4, -0.2) is 41.6 Å². The second-order valence-electron chi connectivity index (χ2n) is 5.48. The van der Waals surface area contributed by atoms with E-state index in [4.69, 9.17) is 9.47 Å². The van der Waals surface area contributed by atoms with Crippen molar-refractivity contribution >= 4 is 39.3 Å². The van der Waals surface area contributed by atoms with Crippen molar-refractivity contribution in [2.24, 2.45) is 0 Å². The number of fused-ring (bicyclic) bond motifs is 3. The molecule has 24 heavy (non-hydrogen) atoms. The van der Waals surface area contributed by atoms with E-state index in [0.29, 0.717) is 24.9 Å². The van der Waals surface area contributed by atoms with E-state index in [1.165, 1.54) is 22.2 Å². The molecule has 1 aliphatic rings. The maximum absolute atomic E-state index is 13.0. The van der Waals surface area contributed by atoms with Gasteiger partial charge in [0.25, 0.3) is 5.56 Å². The molecule has 3 rings (SSSR count). The average Bonchev–Trinajstić information content (AvgIpc) is 3.13. The minimum Gasteiger partial charge on any atom is -0.465 e. The standard InChI is InChI=1S/C16H20N2O4S2/c1-3-22-12(19)9-23-16-17-14-13(10-5-4-6-11(10)24-14)15(20)18(16)7-8-21-2/h3-9H2,1-2H3. The molecule has 0 amide bonds. The number of carbonyl (C=O) groups excluding carboxylic acids is 1. The summed E-state index contributed by atoms with van der Waals surface area (Å²) in [4.78, 5) is 31.3. The molecule has 2 aromatic heterocycles. The number of ether oxygens (including phenoxy) is 2. The Labute approximate surface area is 148 Å². The van der Waals surface area contributed by atoms with Gasteiger partial charge in [0, 0.05) is 12.0 Å². The number of thioether (sulfide) groups is 1. The van der Waals surface area contributed by atoms with Crippen molar-refractivity contribution in [2.45, 2.75) is 37.9 Å². The summed E-state index contributed by atoms with van der Waals surface area (Å²) in [5, 5.41) is 1.31. The highest BCUT2D eigenvalue weighted by Gasteiger charge is 2.23. The van der Waals surface area contributed by atoms with Crippen molar-refractivity contribution in [1.82, 2.24) is 9.55 Å². The molecule has 8 heteroatoms. The van der Waals surface area contributed by atoms with Crippen LogP contribution in [0.5, 0.6) is 0 Å². The Morgan fingerprint density at radius 3 is 3.00 bits per heavy atom. The number of hydrogen-bond acceptors (Lipinski definition) is 7. The van der Waals surface area contributed by atoms with Crippen LogP contribution in [-0.2, 0) is 33.7 Å². The van der Waals surface area contributed by atoms with Crippen LogP contribution in [0.3, 0.4) is 0 Å². The van der Waals surface area contributed by atoms with Gasteiger partial charge in [0.05, 0.1) is 30.9 Å². The summed E-state index contributed by atoms with van der Waals surface area (Å²) in [5.41, 5.74) is 1.14. The minimum absolute atomic E-state index is 0.0252. The van der Waals surface area contributed by atoms with Crippen molar-refractivity contribution in [3.63, 3.8) is 0 Å². The molecule has 0 N–H and O–H groups in total. The molecule has 0 aromatic carbocycles. The Balaban J connectivity index is 1.99. The topological polar surface area (TPSA) is 70.4 Å². The van der Waals surface area contributed by atoms with Crippen LogP contribution in [0.15, 0.2) is 9.95 Å². The lowest BCUT2D eigenvalue weighted by atomic mass is 10.2. The van der Waals surface area contributed by atoms with Crippen molar-refractivity contribution in [2.75, 3.05) is 26.1 Å². The predicted octanol–water partition coefficient (Wildman–Crippen LogP) is 2.25. The van der Waals surface area contributed by atoms with Gasteiger partial charge in [-0.05, 0) is 31.7 Å². The third kappa shape index (κ3) is 3.36. The van der Waals surface area contributed by atoms with Gasteiger partial charge < -0.3 is 9.47 Å². The van der Waals surface area contributed by atoms with Crippen molar-refractivity contribution < 1.29 is 14.3 Å². The molecule has 0 radical (unpaired) electrons. The number of rotatable bonds is 7. The van der Waals surface area contributed by atoms with Crippen LogP contribution in [0.25, 0.3) is 10.2 Å². The Bertz CT molecular complexity index is 812. The van der Waals surface area contributed by atoms with Crippen molar-refractivity contribution in [3.05, 3.63) is 20.8 Å².